The highest BCUT2D eigenvalue weighted by Crippen LogP contribution is 2.35. The number of carbonyl (C=O) groups excluding carboxylic acids is 2. The maximum Gasteiger partial charge on any atom is 0.335 e. The molecule has 1 aliphatic rings. The molecule has 1 aromatic heterocycles. The minimum atomic E-state index is -1.02. The molecule has 0 aliphatic carbocycles. The molecule has 1 aliphatic heterocycles. The molecule has 2 heterocycles. The number of aromatic carboxylic acids is 1. The van der Waals surface area contributed by atoms with Crippen LogP contribution in [0.3, 0.4) is 0 Å². The molecule has 3 aromatic rings. The summed E-state index contributed by atoms with van der Waals surface area (Å²) >= 11 is 4.23. The summed E-state index contributed by atoms with van der Waals surface area (Å²) in [6, 6.07) is 15.6. The number of imide groups is 1. The van der Waals surface area contributed by atoms with Gasteiger partial charge >= 0.3 is 5.97 Å². The fourth-order valence-corrected chi connectivity index (χ4v) is 4.22. The van der Waals surface area contributed by atoms with Gasteiger partial charge in [-0.2, -0.15) is 0 Å². The van der Waals surface area contributed by atoms with Gasteiger partial charge in [0.05, 0.1) is 17.0 Å². The Kier molecular flexibility index (Phi) is 5.84. The van der Waals surface area contributed by atoms with Gasteiger partial charge in [-0.15, -0.1) is 0 Å². The van der Waals surface area contributed by atoms with Crippen molar-refractivity contribution >= 4 is 50.9 Å². The van der Waals surface area contributed by atoms with Crippen LogP contribution in [0.25, 0.3) is 17.4 Å². The van der Waals surface area contributed by atoms with E-state index in [0.29, 0.717) is 17.1 Å². The van der Waals surface area contributed by atoms with Gasteiger partial charge in [0.1, 0.15) is 11.5 Å². The summed E-state index contributed by atoms with van der Waals surface area (Å²) in [5.41, 5.74) is 2.53. The number of carboxylic acid groups (broad SMARTS) is 1. The first kappa shape index (κ1) is 21.1. The van der Waals surface area contributed by atoms with Crippen LogP contribution in [0.15, 0.2) is 68.4 Å². The van der Waals surface area contributed by atoms with Crippen molar-refractivity contribution in [1.82, 2.24) is 4.90 Å². The van der Waals surface area contributed by atoms with Gasteiger partial charge in [0.15, 0.2) is 0 Å². The number of benzene rings is 2. The van der Waals surface area contributed by atoms with Crippen molar-refractivity contribution < 1.29 is 23.9 Å². The van der Waals surface area contributed by atoms with Gasteiger partial charge in [0.2, 0.25) is 0 Å². The summed E-state index contributed by atoms with van der Waals surface area (Å²) in [6.45, 7) is 2.05. The normalized spacial score (nSPS) is 15.2. The van der Waals surface area contributed by atoms with E-state index in [4.69, 9.17) is 4.42 Å². The number of furan rings is 1. The average molecular weight is 498 g/mol. The molecule has 0 spiro atoms. The monoisotopic (exact) mass is 497 g/mol. The molecule has 1 N–H and O–H groups in total. The van der Waals surface area contributed by atoms with E-state index >= 15 is 0 Å². The second kappa shape index (κ2) is 8.56. The Morgan fingerprint density at radius 3 is 2.58 bits per heavy atom. The van der Waals surface area contributed by atoms with Crippen LogP contribution in [0, 0.1) is 6.92 Å². The zero-order valence-corrected chi connectivity index (χ0v) is 18.7. The number of thioether (sulfide) groups is 1. The Balaban J connectivity index is 1.56. The number of rotatable bonds is 5. The van der Waals surface area contributed by atoms with Gasteiger partial charge in [-0.25, -0.2) is 4.79 Å². The van der Waals surface area contributed by atoms with Crippen LogP contribution in [0.4, 0.5) is 4.79 Å². The molecule has 0 bridgehead atoms. The molecule has 6 nitrogen and oxygen atoms in total. The second-order valence-electron chi connectivity index (χ2n) is 6.93. The molecular weight excluding hydrogens is 482 g/mol. The lowest BCUT2D eigenvalue weighted by atomic mass is 10.0. The van der Waals surface area contributed by atoms with Crippen molar-refractivity contribution in [2.75, 3.05) is 0 Å². The molecule has 0 atom stereocenters. The summed E-state index contributed by atoms with van der Waals surface area (Å²) in [4.78, 5) is 37.8. The first-order valence-corrected chi connectivity index (χ1v) is 10.9. The fraction of sp³-hybridized carbons (Fsp3) is 0.0870. The molecule has 156 valence electrons. The highest BCUT2D eigenvalue weighted by atomic mass is 79.9. The molecule has 0 radical (unpaired) electrons. The Bertz CT molecular complexity index is 1230. The largest absolute Gasteiger partial charge is 0.478 e. The standard InChI is InChI=1S/C23H16BrNO5S/c1-13-2-5-15(22(27)28)10-18(13)19-9-8-17(30-19)11-20-21(26)25(23(29)31-20)12-14-3-6-16(24)7-4-14/h2-11H,12H2,1H3,(H,27,28)/b20-11-. The van der Waals surface area contributed by atoms with Gasteiger partial charge in [0.25, 0.3) is 11.1 Å². The lowest BCUT2D eigenvalue weighted by Crippen LogP contribution is -2.27. The number of aryl methyl sites for hydroxylation is 1. The number of halogens is 1. The van der Waals surface area contributed by atoms with Gasteiger partial charge < -0.3 is 9.52 Å². The van der Waals surface area contributed by atoms with Crippen molar-refractivity contribution in [3.8, 4) is 11.3 Å². The minimum absolute atomic E-state index is 0.160. The summed E-state index contributed by atoms with van der Waals surface area (Å²) in [6.07, 6.45) is 1.53. The molecule has 2 aromatic carbocycles. The number of amides is 2. The predicted molar refractivity (Wildman–Crippen MR) is 121 cm³/mol. The SMILES string of the molecule is Cc1ccc(C(=O)O)cc1-c1ccc(/C=C2\SC(=O)N(Cc3ccc(Br)cc3)C2=O)o1. The zero-order chi connectivity index (χ0) is 22.1. The number of nitrogens with zero attached hydrogens (tertiary/aromatic N) is 1. The van der Waals surface area contributed by atoms with Crippen molar-refractivity contribution in [2.45, 2.75) is 13.5 Å². The van der Waals surface area contributed by atoms with Crippen molar-refractivity contribution in [3.63, 3.8) is 0 Å². The lowest BCUT2D eigenvalue weighted by molar-refractivity contribution is -0.123. The molecule has 1 fully saturated rings. The maximum absolute atomic E-state index is 12.7. The van der Waals surface area contributed by atoms with E-state index in [-0.39, 0.29) is 28.2 Å². The second-order valence-corrected chi connectivity index (χ2v) is 8.84. The quantitative estimate of drug-likeness (QED) is 0.438. The molecule has 0 unspecified atom stereocenters. The molecule has 0 saturated carbocycles. The van der Waals surface area contributed by atoms with E-state index in [0.717, 1.165) is 27.4 Å². The summed E-state index contributed by atoms with van der Waals surface area (Å²) in [7, 11) is 0. The van der Waals surface area contributed by atoms with E-state index in [2.05, 4.69) is 15.9 Å². The molecule has 1 saturated heterocycles. The van der Waals surface area contributed by atoms with Crippen LogP contribution in [0.2, 0.25) is 0 Å². The number of hydrogen-bond acceptors (Lipinski definition) is 5. The molecule has 2 amide bonds. The highest BCUT2D eigenvalue weighted by molar-refractivity contribution is 9.10. The predicted octanol–water partition coefficient (Wildman–Crippen LogP) is 5.95. The highest BCUT2D eigenvalue weighted by Gasteiger charge is 2.35. The van der Waals surface area contributed by atoms with Gasteiger partial charge in [-0.1, -0.05) is 34.1 Å². The summed E-state index contributed by atoms with van der Waals surface area (Å²) in [5, 5.41) is 8.88. The van der Waals surface area contributed by atoms with Gasteiger partial charge in [-0.3, -0.25) is 14.5 Å². The molecule has 8 heteroatoms. The van der Waals surface area contributed by atoms with Crippen LogP contribution in [0.5, 0.6) is 0 Å². The third kappa shape index (κ3) is 4.50. The first-order chi connectivity index (χ1) is 14.8. The third-order valence-electron chi connectivity index (χ3n) is 4.78. The van der Waals surface area contributed by atoms with Crippen molar-refractivity contribution in [1.29, 1.82) is 0 Å². The minimum Gasteiger partial charge on any atom is -0.478 e. The van der Waals surface area contributed by atoms with E-state index in [1.807, 2.05) is 31.2 Å². The Hall–Kier alpha value is -3.10. The van der Waals surface area contributed by atoms with Gasteiger partial charge in [-0.05, 0) is 66.2 Å². The Morgan fingerprint density at radius 1 is 1.13 bits per heavy atom. The lowest BCUT2D eigenvalue weighted by Gasteiger charge is -2.12. The summed E-state index contributed by atoms with van der Waals surface area (Å²) < 4.78 is 6.75. The Labute approximate surface area is 190 Å². The topological polar surface area (TPSA) is 87.8 Å². The third-order valence-corrected chi connectivity index (χ3v) is 6.21. The zero-order valence-electron chi connectivity index (χ0n) is 16.3. The molecule has 31 heavy (non-hydrogen) atoms. The van der Waals surface area contributed by atoms with Crippen LogP contribution < -0.4 is 0 Å². The van der Waals surface area contributed by atoms with Gasteiger partial charge in [0, 0.05) is 16.1 Å². The van der Waals surface area contributed by atoms with Crippen molar-refractivity contribution in [3.05, 3.63) is 86.4 Å². The fourth-order valence-electron chi connectivity index (χ4n) is 3.13. The van der Waals surface area contributed by atoms with E-state index in [9.17, 15) is 19.5 Å². The smallest absolute Gasteiger partial charge is 0.335 e. The molecule has 4 rings (SSSR count). The van der Waals surface area contributed by atoms with Crippen LogP contribution >= 0.6 is 27.7 Å². The van der Waals surface area contributed by atoms with E-state index < -0.39 is 5.97 Å². The number of hydrogen-bond donors (Lipinski definition) is 1. The van der Waals surface area contributed by atoms with E-state index in [1.54, 1.807) is 24.3 Å². The van der Waals surface area contributed by atoms with Crippen LogP contribution in [-0.4, -0.2) is 27.1 Å². The van der Waals surface area contributed by atoms with Crippen LogP contribution in [0.1, 0.15) is 27.2 Å². The maximum atomic E-state index is 12.7. The molecular formula is C23H16BrNO5S. The summed E-state index contributed by atoms with van der Waals surface area (Å²) in [5.74, 6) is -0.502. The Morgan fingerprint density at radius 2 is 1.87 bits per heavy atom. The average Bonchev–Trinajstić information content (AvgIpc) is 3.30. The van der Waals surface area contributed by atoms with E-state index in [1.165, 1.54) is 17.0 Å². The van der Waals surface area contributed by atoms with Crippen LogP contribution in [-0.2, 0) is 11.3 Å². The number of carbonyl (C=O) groups is 3. The number of carboxylic acids is 1. The van der Waals surface area contributed by atoms with Crippen molar-refractivity contribution in [2.24, 2.45) is 0 Å². The first-order valence-electron chi connectivity index (χ1n) is 9.26.